The number of nitrogens with one attached hydrogen (secondary N) is 1. The number of amides is 2. The molecule has 0 spiro atoms. The Morgan fingerprint density at radius 1 is 1.30 bits per heavy atom. The van der Waals surface area contributed by atoms with E-state index in [1.54, 1.807) is 29.2 Å². The molecule has 2 aliphatic rings. The van der Waals surface area contributed by atoms with Crippen molar-refractivity contribution in [2.75, 3.05) is 24.7 Å². The van der Waals surface area contributed by atoms with Crippen LogP contribution in [0.2, 0.25) is 5.02 Å². The van der Waals surface area contributed by atoms with Crippen LogP contribution in [0.5, 0.6) is 0 Å². The van der Waals surface area contributed by atoms with Gasteiger partial charge < -0.3 is 20.7 Å². The molecule has 6 nitrogen and oxygen atoms in total. The van der Waals surface area contributed by atoms with Crippen LogP contribution in [0.15, 0.2) is 24.3 Å². The predicted molar refractivity (Wildman–Crippen MR) is 87.3 cm³/mol. The fourth-order valence-electron chi connectivity index (χ4n) is 2.96. The van der Waals surface area contributed by atoms with Crippen molar-refractivity contribution in [3.63, 3.8) is 0 Å². The van der Waals surface area contributed by atoms with E-state index < -0.39 is 11.6 Å². The first-order valence-corrected chi connectivity index (χ1v) is 8.12. The van der Waals surface area contributed by atoms with E-state index in [0.29, 0.717) is 44.0 Å². The Bertz CT molecular complexity index is 599. The van der Waals surface area contributed by atoms with Gasteiger partial charge in [0.15, 0.2) is 0 Å². The molecule has 1 atom stereocenters. The number of rotatable bonds is 3. The van der Waals surface area contributed by atoms with Crippen molar-refractivity contribution < 1.29 is 14.3 Å². The Balaban J connectivity index is 1.65. The van der Waals surface area contributed by atoms with Gasteiger partial charge in [0.1, 0.15) is 6.04 Å². The van der Waals surface area contributed by atoms with Crippen LogP contribution in [-0.2, 0) is 14.3 Å². The molecule has 1 aromatic carbocycles. The van der Waals surface area contributed by atoms with Crippen molar-refractivity contribution in [3.8, 4) is 0 Å². The van der Waals surface area contributed by atoms with E-state index in [1.165, 1.54) is 0 Å². The normalized spacial score (nSPS) is 23.8. The Morgan fingerprint density at radius 3 is 2.61 bits per heavy atom. The summed E-state index contributed by atoms with van der Waals surface area (Å²) in [5, 5.41) is 3.43. The number of halogens is 1. The zero-order chi connectivity index (χ0) is 16.4. The molecule has 0 radical (unpaired) electrons. The van der Waals surface area contributed by atoms with Gasteiger partial charge in [0.05, 0.1) is 5.54 Å². The molecule has 0 aliphatic carbocycles. The first kappa shape index (κ1) is 16.2. The third-order valence-electron chi connectivity index (χ3n) is 4.49. The summed E-state index contributed by atoms with van der Waals surface area (Å²) in [7, 11) is 0. The average Bonchev–Trinajstić information content (AvgIpc) is 2.90. The largest absolute Gasteiger partial charge is 0.381 e. The zero-order valence-corrected chi connectivity index (χ0v) is 13.5. The molecular formula is C16H20ClN3O3. The van der Waals surface area contributed by atoms with Crippen LogP contribution >= 0.6 is 11.6 Å². The van der Waals surface area contributed by atoms with Crippen LogP contribution in [0.1, 0.15) is 19.3 Å². The Labute approximate surface area is 139 Å². The van der Waals surface area contributed by atoms with Gasteiger partial charge >= 0.3 is 0 Å². The van der Waals surface area contributed by atoms with Gasteiger partial charge in [-0.3, -0.25) is 9.59 Å². The molecule has 23 heavy (non-hydrogen) atoms. The van der Waals surface area contributed by atoms with Crippen molar-refractivity contribution in [1.29, 1.82) is 0 Å². The second-order valence-corrected chi connectivity index (χ2v) is 6.49. The molecule has 3 N–H and O–H groups in total. The lowest BCUT2D eigenvalue weighted by atomic mass is 9.90. The van der Waals surface area contributed by atoms with Crippen LogP contribution in [-0.4, -0.2) is 43.2 Å². The molecule has 2 aliphatic heterocycles. The minimum atomic E-state index is -0.938. The number of nitrogens with two attached hydrogens (primary N) is 1. The predicted octanol–water partition coefficient (Wildman–Crippen LogP) is 1.07. The minimum absolute atomic E-state index is 0.115. The standard InChI is InChI=1S/C16H20ClN3O3/c17-11-1-3-12(4-2-11)20-8-5-13(14(20)21)19-15(22)16(18)6-9-23-10-7-16/h1-4,13H,5-10,18H2,(H,19,22). The Kier molecular flexibility index (Phi) is 4.57. The molecule has 2 heterocycles. The molecule has 0 bridgehead atoms. The maximum absolute atomic E-state index is 12.5. The number of hydrogen-bond acceptors (Lipinski definition) is 4. The number of benzene rings is 1. The summed E-state index contributed by atoms with van der Waals surface area (Å²) in [6.07, 6.45) is 1.51. The van der Waals surface area contributed by atoms with Crippen LogP contribution in [0.25, 0.3) is 0 Å². The van der Waals surface area contributed by atoms with Gasteiger partial charge in [-0.1, -0.05) is 11.6 Å². The van der Waals surface area contributed by atoms with E-state index in [1.807, 2.05) is 0 Å². The van der Waals surface area contributed by atoms with E-state index in [-0.39, 0.29) is 11.8 Å². The van der Waals surface area contributed by atoms with Crippen molar-refractivity contribution in [1.82, 2.24) is 5.32 Å². The summed E-state index contributed by atoms with van der Waals surface area (Å²) in [5.74, 6) is -0.381. The van der Waals surface area contributed by atoms with Gasteiger partial charge in [0.2, 0.25) is 11.8 Å². The lowest BCUT2D eigenvalue weighted by molar-refractivity contribution is -0.132. The number of ether oxygens (including phenoxy) is 1. The van der Waals surface area contributed by atoms with E-state index >= 15 is 0 Å². The lowest BCUT2D eigenvalue weighted by Crippen LogP contribution is -2.59. The number of carbonyl (C=O) groups is 2. The first-order chi connectivity index (χ1) is 11.0. The van der Waals surface area contributed by atoms with Crippen molar-refractivity contribution in [2.45, 2.75) is 30.8 Å². The Morgan fingerprint density at radius 2 is 1.96 bits per heavy atom. The fraction of sp³-hybridized carbons (Fsp3) is 0.500. The molecule has 1 aromatic rings. The highest BCUT2D eigenvalue weighted by Gasteiger charge is 2.40. The summed E-state index contributed by atoms with van der Waals surface area (Å²) in [4.78, 5) is 26.6. The number of nitrogens with zero attached hydrogens (tertiary/aromatic N) is 1. The van der Waals surface area contributed by atoms with Crippen molar-refractivity contribution in [3.05, 3.63) is 29.3 Å². The number of carbonyl (C=O) groups excluding carboxylic acids is 2. The van der Waals surface area contributed by atoms with Crippen LogP contribution in [0, 0.1) is 0 Å². The molecule has 0 aromatic heterocycles. The second-order valence-electron chi connectivity index (χ2n) is 6.05. The van der Waals surface area contributed by atoms with E-state index in [4.69, 9.17) is 22.1 Å². The number of hydrogen-bond donors (Lipinski definition) is 2. The van der Waals surface area contributed by atoms with E-state index in [0.717, 1.165) is 5.69 Å². The zero-order valence-electron chi connectivity index (χ0n) is 12.8. The molecule has 7 heteroatoms. The highest BCUT2D eigenvalue weighted by atomic mass is 35.5. The summed E-state index contributed by atoms with van der Waals surface area (Å²) in [5.41, 5.74) is 6.00. The molecule has 0 saturated carbocycles. The fourth-order valence-corrected chi connectivity index (χ4v) is 3.08. The SMILES string of the molecule is NC1(C(=O)NC2CCN(c3ccc(Cl)cc3)C2=O)CCOCC1. The summed E-state index contributed by atoms with van der Waals surface area (Å²) in [6, 6.07) is 6.56. The van der Waals surface area contributed by atoms with E-state index in [9.17, 15) is 9.59 Å². The quantitative estimate of drug-likeness (QED) is 0.864. The molecule has 124 valence electrons. The van der Waals surface area contributed by atoms with Gasteiger partial charge in [-0.05, 0) is 43.5 Å². The van der Waals surface area contributed by atoms with Gasteiger partial charge in [-0.15, -0.1) is 0 Å². The average molecular weight is 338 g/mol. The van der Waals surface area contributed by atoms with Crippen molar-refractivity contribution in [2.24, 2.45) is 5.73 Å². The van der Waals surface area contributed by atoms with Gasteiger partial charge in [-0.2, -0.15) is 0 Å². The highest BCUT2D eigenvalue weighted by Crippen LogP contribution is 2.24. The topological polar surface area (TPSA) is 84.7 Å². The van der Waals surface area contributed by atoms with E-state index in [2.05, 4.69) is 5.32 Å². The second kappa shape index (κ2) is 6.47. The summed E-state index contributed by atoms with van der Waals surface area (Å²) >= 11 is 5.87. The molecule has 2 fully saturated rings. The van der Waals surface area contributed by atoms with Gasteiger partial charge in [0.25, 0.3) is 0 Å². The van der Waals surface area contributed by atoms with Crippen LogP contribution < -0.4 is 16.0 Å². The number of anilines is 1. The monoisotopic (exact) mass is 337 g/mol. The Hall–Kier alpha value is -1.63. The molecule has 3 rings (SSSR count). The molecular weight excluding hydrogens is 318 g/mol. The molecule has 2 saturated heterocycles. The minimum Gasteiger partial charge on any atom is -0.381 e. The summed E-state index contributed by atoms with van der Waals surface area (Å²) < 4.78 is 5.24. The third-order valence-corrected chi connectivity index (χ3v) is 4.74. The maximum Gasteiger partial charge on any atom is 0.249 e. The van der Waals surface area contributed by atoms with Gasteiger partial charge in [0, 0.05) is 30.5 Å². The molecule has 2 amide bonds. The molecule has 1 unspecified atom stereocenters. The first-order valence-electron chi connectivity index (χ1n) is 7.74. The maximum atomic E-state index is 12.5. The highest BCUT2D eigenvalue weighted by molar-refractivity contribution is 6.30. The summed E-state index contributed by atoms with van der Waals surface area (Å²) in [6.45, 7) is 1.50. The third kappa shape index (κ3) is 3.34. The van der Waals surface area contributed by atoms with Gasteiger partial charge in [-0.25, -0.2) is 0 Å². The van der Waals surface area contributed by atoms with Crippen LogP contribution in [0.4, 0.5) is 5.69 Å². The smallest absolute Gasteiger partial charge is 0.249 e. The van der Waals surface area contributed by atoms with Crippen molar-refractivity contribution >= 4 is 29.1 Å². The van der Waals surface area contributed by atoms with Crippen LogP contribution in [0.3, 0.4) is 0 Å². The lowest BCUT2D eigenvalue weighted by Gasteiger charge is -2.32.